The summed E-state index contributed by atoms with van der Waals surface area (Å²) < 4.78 is 0. The quantitative estimate of drug-likeness (QED) is 0.240. The van der Waals surface area contributed by atoms with E-state index in [1.165, 1.54) is 0 Å². The van der Waals surface area contributed by atoms with Gasteiger partial charge in [-0.25, -0.2) is 4.79 Å². The van der Waals surface area contributed by atoms with Crippen LogP contribution in [0.5, 0.6) is 0 Å². The van der Waals surface area contributed by atoms with Crippen LogP contribution in [-0.4, -0.2) is 78.8 Å². The summed E-state index contributed by atoms with van der Waals surface area (Å²) in [6, 6.07) is 0. The lowest BCUT2D eigenvalue weighted by atomic mass is 9.99. The van der Waals surface area contributed by atoms with Crippen LogP contribution in [0.1, 0.15) is 0 Å². The zero-order chi connectivity index (χ0) is 12.2. The minimum atomic E-state index is -2.29. The Hall–Kier alpha value is -0.770. The second kappa shape index (κ2) is 5.95. The molecule has 0 aromatic carbocycles. The monoisotopic (exact) mass is 226 g/mol. The van der Waals surface area contributed by atoms with Crippen LogP contribution in [0.3, 0.4) is 0 Å². The SMILES string of the molecule is O=C(O)C(O)[C@H](O)[C@H](O)[C@@H](O)[C@H](O)CO. The fourth-order valence-corrected chi connectivity index (χ4v) is 0.870. The van der Waals surface area contributed by atoms with Gasteiger partial charge in [0.25, 0.3) is 0 Å². The Labute approximate surface area is 84.7 Å². The van der Waals surface area contributed by atoms with Crippen molar-refractivity contribution in [1.29, 1.82) is 0 Å². The molecule has 5 atom stereocenters. The number of hydrogen-bond acceptors (Lipinski definition) is 7. The molecule has 0 aromatic heterocycles. The predicted molar refractivity (Wildman–Crippen MR) is 44.8 cm³/mol. The van der Waals surface area contributed by atoms with Gasteiger partial charge >= 0.3 is 5.97 Å². The van der Waals surface area contributed by atoms with Crippen molar-refractivity contribution in [3.8, 4) is 0 Å². The fourth-order valence-electron chi connectivity index (χ4n) is 0.870. The first-order chi connectivity index (χ1) is 6.82. The Bertz CT molecular complexity index is 207. The summed E-state index contributed by atoms with van der Waals surface area (Å²) in [6.07, 6.45) is -10.2. The molecule has 0 aliphatic heterocycles. The smallest absolute Gasteiger partial charge is 0.335 e. The standard InChI is InChI=1S/C7H14O8/c8-1-2(9)3(10)4(11)5(12)6(13)7(14)15/h2-6,8-13H,1H2,(H,14,15)/t2-,3+,4-,5-,6?/m1/s1. The Morgan fingerprint density at radius 1 is 0.933 bits per heavy atom. The van der Waals surface area contributed by atoms with E-state index in [0.717, 1.165) is 0 Å². The van der Waals surface area contributed by atoms with Gasteiger partial charge in [0.1, 0.15) is 24.4 Å². The van der Waals surface area contributed by atoms with Crippen LogP contribution < -0.4 is 0 Å². The van der Waals surface area contributed by atoms with E-state index in [9.17, 15) is 4.79 Å². The van der Waals surface area contributed by atoms with Gasteiger partial charge in [-0.05, 0) is 0 Å². The van der Waals surface area contributed by atoms with Gasteiger partial charge in [0.15, 0.2) is 6.10 Å². The zero-order valence-corrected chi connectivity index (χ0v) is 7.63. The van der Waals surface area contributed by atoms with Crippen molar-refractivity contribution in [2.45, 2.75) is 30.5 Å². The molecule has 0 bridgehead atoms. The predicted octanol–water partition coefficient (Wildman–Crippen LogP) is -4.13. The molecule has 0 saturated heterocycles. The van der Waals surface area contributed by atoms with E-state index in [-0.39, 0.29) is 0 Å². The van der Waals surface area contributed by atoms with E-state index >= 15 is 0 Å². The lowest BCUT2D eigenvalue weighted by molar-refractivity contribution is -0.169. The molecule has 90 valence electrons. The van der Waals surface area contributed by atoms with E-state index in [4.69, 9.17) is 35.7 Å². The first-order valence-electron chi connectivity index (χ1n) is 4.07. The van der Waals surface area contributed by atoms with Gasteiger partial charge in [-0.15, -0.1) is 0 Å². The molecule has 1 unspecified atom stereocenters. The molecule has 0 saturated carbocycles. The summed E-state index contributed by atoms with van der Waals surface area (Å²) in [4.78, 5) is 10.2. The van der Waals surface area contributed by atoms with Crippen molar-refractivity contribution in [1.82, 2.24) is 0 Å². The average molecular weight is 226 g/mol. The highest BCUT2D eigenvalue weighted by Gasteiger charge is 2.36. The third-order valence-electron chi connectivity index (χ3n) is 1.86. The van der Waals surface area contributed by atoms with Crippen molar-refractivity contribution in [3.63, 3.8) is 0 Å². The molecule has 0 spiro atoms. The summed E-state index contributed by atoms with van der Waals surface area (Å²) >= 11 is 0. The van der Waals surface area contributed by atoms with Gasteiger partial charge in [0.2, 0.25) is 0 Å². The summed E-state index contributed by atoms with van der Waals surface area (Å²) in [5.74, 6) is -1.78. The summed E-state index contributed by atoms with van der Waals surface area (Å²) in [5, 5.41) is 61.5. The van der Waals surface area contributed by atoms with Gasteiger partial charge in [-0.3, -0.25) is 0 Å². The Morgan fingerprint density at radius 2 is 1.40 bits per heavy atom. The third-order valence-corrected chi connectivity index (χ3v) is 1.86. The molecule has 0 aromatic rings. The van der Waals surface area contributed by atoms with Crippen molar-refractivity contribution in [3.05, 3.63) is 0 Å². The third kappa shape index (κ3) is 3.70. The summed E-state index contributed by atoms with van der Waals surface area (Å²) in [6.45, 7) is -0.881. The number of carboxylic acids is 1. The summed E-state index contributed by atoms with van der Waals surface area (Å²) in [7, 11) is 0. The van der Waals surface area contributed by atoms with Crippen LogP contribution in [0.15, 0.2) is 0 Å². The van der Waals surface area contributed by atoms with Crippen LogP contribution in [0.25, 0.3) is 0 Å². The maximum atomic E-state index is 10.2. The van der Waals surface area contributed by atoms with Crippen LogP contribution in [0.2, 0.25) is 0 Å². The number of hydrogen-bond donors (Lipinski definition) is 7. The van der Waals surface area contributed by atoms with E-state index in [1.54, 1.807) is 0 Å². The number of aliphatic hydroxyl groups is 6. The highest BCUT2D eigenvalue weighted by molar-refractivity contribution is 5.72. The van der Waals surface area contributed by atoms with Crippen LogP contribution >= 0.6 is 0 Å². The normalized spacial score (nSPS) is 21.5. The molecular formula is C7H14O8. The molecule has 0 heterocycles. The van der Waals surface area contributed by atoms with Gasteiger partial charge < -0.3 is 35.7 Å². The fraction of sp³-hybridized carbons (Fsp3) is 0.857. The average Bonchev–Trinajstić information content (AvgIpc) is 2.23. The Balaban J connectivity index is 4.42. The molecule has 0 aliphatic rings. The maximum absolute atomic E-state index is 10.2. The maximum Gasteiger partial charge on any atom is 0.335 e. The molecule has 7 N–H and O–H groups in total. The van der Waals surface area contributed by atoms with Crippen molar-refractivity contribution < 1.29 is 40.5 Å². The molecule has 0 radical (unpaired) electrons. The van der Waals surface area contributed by atoms with E-state index in [2.05, 4.69) is 0 Å². The van der Waals surface area contributed by atoms with E-state index in [0.29, 0.717) is 0 Å². The molecule has 15 heavy (non-hydrogen) atoms. The summed E-state index contributed by atoms with van der Waals surface area (Å²) in [5.41, 5.74) is 0. The lowest BCUT2D eigenvalue weighted by Gasteiger charge is -2.26. The van der Waals surface area contributed by atoms with E-state index in [1.807, 2.05) is 0 Å². The van der Waals surface area contributed by atoms with Crippen LogP contribution in [0.4, 0.5) is 0 Å². The molecule has 8 heteroatoms. The second-order valence-corrected chi connectivity index (χ2v) is 3.00. The second-order valence-electron chi connectivity index (χ2n) is 3.00. The van der Waals surface area contributed by atoms with Crippen LogP contribution in [-0.2, 0) is 4.79 Å². The highest BCUT2D eigenvalue weighted by atomic mass is 16.4. The highest BCUT2D eigenvalue weighted by Crippen LogP contribution is 2.08. The van der Waals surface area contributed by atoms with Gasteiger partial charge in [0.05, 0.1) is 6.61 Å². The van der Waals surface area contributed by atoms with Gasteiger partial charge in [0, 0.05) is 0 Å². The van der Waals surface area contributed by atoms with Gasteiger partial charge in [-0.1, -0.05) is 0 Å². The minimum absolute atomic E-state index is 0.881. The topological polar surface area (TPSA) is 159 Å². The molecule has 0 fully saturated rings. The lowest BCUT2D eigenvalue weighted by Crippen LogP contribution is -2.51. The number of aliphatic hydroxyl groups excluding tert-OH is 6. The van der Waals surface area contributed by atoms with Gasteiger partial charge in [-0.2, -0.15) is 0 Å². The Morgan fingerprint density at radius 3 is 1.73 bits per heavy atom. The Kier molecular flexibility index (Phi) is 5.65. The van der Waals surface area contributed by atoms with Crippen molar-refractivity contribution in [2.75, 3.05) is 6.61 Å². The number of aliphatic carboxylic acids is 1. The van der Waals surface area contributed by atoms with Crippen molar-refractivity contribution >= 4 is 5.97 Å². The number of carboxylic acid groups (broad SMARTS) is 1. The molecular weight excluding hydrogens is 212 g/mol. The molecule has 0 amide bonds. The zero-order valence-electron chi connectivity index (χ0n) is 7.63. The van der Waals surface area contributed by atoms with Crippen molar-refractivity contribution in [2.24, 2.45) is 0 Å². The molecule has 8 nitrogen and oxygen atoms in total. The number of rotatable bonds is 6. The number of carbonyl (C=O) groups is 1. The van der Waals surface area contributed by atoms with Crippen LogP contribution in [0, 0.1) is 0 Å². The largest absolute Gasteiger partial charge is 0.479 e. The first-order valence-corrected chi connectivity index (χ1v) is 4.07. The minimum Gasteiger partial charge on any atom is -0.479 e. The van der Waals surface area contributed by atoms with E-state index < -0.39 is 43.1 Å². The molecule has 0 aliphatic carbocycles. The first kappa shape index (κ1) is 14.2. The molecule has 0 rings (SSSR count).